The van der Waals surface area contributed by atoms with Gasteiger partial charge in [-0.3, -0.25) is 9.59 Å². The number of hydrogen-bond donors (Lipinski definition) is 2. The van der Waals surface area contributed by atoms with E-state index >= 15 is 0 Å². The fourth-order valence-electron chi connectivity index (χ4n) is 3.20. The van der Waals surface area contributed by atoms with Crippen molar-refractivity contribution in [3.05, 3.63) is 76.8 Å². The summed E-state index contributed by atoms with van der Waals surface area (Å²) in [6, 6.07) is 14.8. The van der Waals surface area contributed by atoms with E-state index in [4.69, 9.17) is 4.74 Å². The van der Waals surface area contributed by atoms with E-state index in [0.29, 0.717) is 35.2 Å². The van der Waals surface area contributed by atoms with Crippen LogP contribution in [-0.4, -0.2) is 29.2 Å². The maximum atomic E-state index is 13.0. The average molecular weight is 361 g/mol. The number of aromatic nitrogens is 2. The number of pyridine rings is 1. The Hall–Kier alpha value is -3.38. The van der Waals surface area contributed by atoms with Crippen LogP contribution in [0, 0.1) is 0 Å². The number of nitrogens with one attached hydrogen (secondary N) is 2. The van der Waals surface area contributed by atoms with Crippen LogP contribution < -0.4 is 10.9 Å². The van der Waals surface area contributed by atoms with E-state index < -0.39 is 0 Å². The van der Waals surface area contributed by atoms with Gasteiger partial charge in [0, 0.05) is 48.0 Å². The first-order valence-electron chi connectivity index (χ1n) is 8.67. The number of aromatic amines is 1. The Morgan fingerprint density at radius 2 is 1.96 bits per heavy atom. The molecule has 4 rings (SSSR count). The highest BCUT2D eigenvalue weighted by Gasteiger charge is 2.15. The Balaban J connectivity index is 1.75. The third-order valence-corrected chi connectivity index (χ3v) is 4.59. The van der Waals surface area contributed by atoms with Gasteiger partial charge in [0.15, 0.2) is 0 Å². The molecule has 27 heavy (non-hydrogen) atoms. The second kappa shape index (κ2) is 7.09. The van der Waals surface area contributed by atoms with Gasteiger partial charge in [-0.25, -0.2) is 0 Å². The number of anilines is 1. The van der Waals surface area contributed by atoms with Gasteiger partial charge in [0.1, 0.15) is 0 Å². The molecule has 136 valence electrons. The second-order valence-electron chi connectivity index (χ2n) is 6.31. The quantitative estimate of drug-likeness (QED) is 0.572. The van der Waals surface area contributed by atoms with Crippen LogP contribution >= 0.6 is 0 Å². The van der Waals surface area contributed by atoms with Crippen LogP contribution in [0.15, 0.2) is 65.7 Å². The zero-order valence-electron chi connectivity index (χ0n) is 14.9. The molecule has 6 heteroatoms. The molecule has 4 aromatic rings. The van der Waals surface area contributed by atoms with E-state index in [-0.39, 0.29) is 11.5 Å². The van der Waals surface area contributed by atoms with Gasteiger partial charge < -0.3 is 19.6 Å². The lowest BCUT2D eigenvalue weighted by Gasteiger charge is -2.12. The smallest absolute Gasteiger partial charge is 0.258 e. The van der Waals surface area contributed by atoms with Crippen LogP contribution in [0.1, 0.15) is 10.4 Å². The molecule has 2 heterocycles. The van der Waals surface area contributed by atoms with Gasteiger partial charge in [-0.1, -0.05) is 24.3 Å². The molecule has 0 bridgehead atoms. The van der Waals surface area contributed by atoms with Crippen LogP contribution in [0.2, 0.25) is 0 Å². The van der Waals surface area contributed by atoms with E-state index in [1.54, 1.807) is 31.5 Å². The van der Waals surface area contributed by atoms with Gasteiger partial charge in [0.2, 0.25) is 0 Å². The van der Waals surface area contributed by atoms with Crippen molar-refractivity contribution in [2.75, 3.05) is 19.0 Å². The maximum absolute atomic E-state index is 13.0. The van der Waals surface area contributed by atoms with Crippen LogP contribution in [0.5, 0.6) is 0 Å². The molecule has 0 fully saturated rings. The molecule has 1 amide bonds. The van der Waals surface area contributed by atoms with Crippen LogP contribution in [0.25, 0.3) is 21.7 Å². The molecule has 0 aliphatic rings. The summed E-state index contributed by atoms with van der Waals surface area (Å²) < 4.78 is 6.60. The summed E-state index contributed by atoms with van der Waals surface area (Å²) in [5.41, 5.74) is 1.95. The normalized spacial score (nSPS) is 11.1. The van der Waals surface area contributed by atoms with E-state index in [1.165, 1.54) is 4.57 Å². The molecule has 0 saturated heterocycles. The predicted octanol–water partition coefficient (Wildman–Crippen LogP) is 3.38. The third-order valence-electron chi connectivity index (χ3n) is 4.59. The summed E-state index contributed by atoms with van der Waals surface area (Å²) in [5, 5.41) is 5.15. The minimum Gasteiger partial charge on any atom is -0.383 e. The Bertz CT molecular complexity index is 1190. The fraction of sp³-hybridized carbons (Fsp3) is 0.143. The Morgan fingerprint density at radius 1 is 1.15 bits per heavy atom. The van der Waals surface area contributed by atoms with E-state index in [1.807, 2.05) is 36.5 Å². The lowest BCUT2D eigenvalue weighted by molar-refractivity contribution is 0.102. The van der Waals surface area contributed by atoms with Crippen LogP contribution in [0.4, 0.5) is 5.69 Å². The zero-order chi connectivity index (χ0) is 18.8. The number of ether oxygens (including phenoxy) is 1. The molecule has 0 atom stereocenters. The minimum absolute atomic E-state index is 0.132. The summed E-state index contributed by atoms with van der Waals surface area (Å²) >= 11 is 0. The highest BCUT2D eigenvalue weighted by Crippen LogP contribution is 2.20. The van der Waals surface area contributed by atoms with E-state index in [9.17, 15) is 9.59 Å². The largest absolute Gasteiger partial charge is 0.383 e. The van der Waals surface area contributed by atoms with Gasteiger partial charge in [-0.2, -0.15) is 0 Å². The average Bonchev–Trinajstić information content (AvgIpc) is 3.15. The highest BCUT2D eigenvalue weighted by atomic mass is 16.5. The number of fused-ring (bicyclic) bond motifs is 2. The first-order valence-corrected chi connectivity index (χ1v) is 8.67. The van der Waals surface area contributed by atoms with Crippen LogP contribution in [0.3, 0.4) is 0 Å². The van der Waals surface area contributed by atoms with E-state index in [0.717, 1.165) is 10.9 Å². The number of methoxy groups -OCH3 is 1. The number of benzene rings is 2. The van der Waals surface area contributed by atoms with Crippen molar-refractivity contribution >= 4 is 33.3 Å². The molecule has 0 saturated carbocycles. The van der Waals surface area contributed by atoms with Crippen molar-refractivity contribution in [2.24, 2.45) is 0 Å². The van der Waals surface area contributed by atoms with Gasteiger partial charge >= 0.3 is 0 Å². The van der Waals surface area contributed by atoms with Crippen molar-refractivity contribution < 1.29 is 9.53 Å². The van der Waals surface area contributed by atoms with Gasteiger partial charge in [0.25, 0.3) is 11.5 Å². The summed E-state index contributed by atoms with van der Waals surface area (Å²) in [6.45, 7) is 0.775. The lowest BCUT2D eigenvalue weighted by Crippen LogP contribution is -2.25. The molecule has 0 unspecified atom stereocenters. The SMILES string of the molecule is COCCn1cc(C(=O)Nc2ccc3cc[nH]c3c2)c2ccccc2c1=O. The summed E-state index contributed by atoms with van der Waals surface area (Å²) in [6.07, 6.45) is 3.46. The van der Waals surface area contributed by atoms with E-state index in [2.05, 4.69) is 10.3 Å². The molecular formula is C21H19N3O3. The van der Waals surface area contributed by atoms with Crippen molar-refractivity contribution in [1.82, 2.24) is 9.55 Å². The zero-order valence-corrected chi connectivity index (χ0v) is 14.9. The maximum Gasteiger partial charge on any atom is 0.258 e. The van der Waals surface area contributed by atoms with Crippen LogP contribution in [-0.2, 0) is 11.3 Å². The second-order valence-corrected chi connectivity index (χ2v) is 6.31. The van der Waals surface area contributed by atoms with Crippen molar-refractivity contribution in [1.29, 1.82) is 0 Å². The molecule has 2 aromatic heterocycles. The fourth-order valence-corrected chi connectivity index (χ4v) is 3.20. The monoisotopic (exact) mass is 361 g/mol. The van der Waals surface area contributed by atoms with Gasteiger partial charge in [0.05, 0.1) is 12.2 Å². The predicted molar refractivity (Wildman–Crippen MR) is 106 cm³/mol. The summed E-state index contributed by atoms with van der Waals surface area (Å²) in [5.74, 6) is -0.261. The number of carbonyl (C=O) groups is 1. The number of H-pyrrole nitrogens is 1. The Morgan fingerprint density at radius 3 is 2.78 bits per heavy atom. The molecule has 0 aliphatic heterocycles. The van der Waals surface area contributed by atoms with Crippen molar-refractivity contribution in [3.8, 4) is 0 Å². The molecule has 6 nitrogen and oxygen atoms in total. The molecule has 2 aromatic carbocycles. The molecule has 0 radical (unpaired) electrons. The van der Waals surface area contributed by atoms with Gasteiger partial charge in [-0.15, -0.1) is 0 Å². The first-order chi connectivity index (χ1) is 13.2. The lowest BCUT2D eigenvalue weighted by atomic mass is 10.1. The first kappa shape index (κ1) is 17.1. The van der Waals surface area contributed by atoms with Crippen molar-refractivity contribution in [2.45, 2.75) is 6.54 Å². The van der Waals surface area contributed by atoms with Crippen molar-refractivity contribution in [3.63, 3.8) is 0 Å². The molecule has 2 N–H and O–H groups in total. The summed E-state index contributed by atoms with van der Waals surface area (Å²) in [7, 11) is 1.58. The number of hydrogen-bond acceptors (Lipinski definition) is 3. The standard InChI is InChI=1S/C21H19N3O3/c1-27-11-10-24-13-18(16-4-2-3-5-17(16)21(24)26)20(25)23-15-7-6-14-8-9-22-19(14)12-15/h2-9,12-13,22H,10-11H2,1H3,(H,23,25). The third kappa shape index (κ3) is 3.22. The number of carbonyl (C=O) groups excluding carboxylic acids is 1. The topological polar surface area (TPSA) is 76.1 Å². The Labute approximate surface area is 155 Å². The molecule has 0 aliphatic carbocycles. The minimum atomic E-state index is -0.261. The number of rotatable bonds is 5. The number of nitrogens with zero attached hydrogens (tertiary/aromatic N) is 1. The molecule has 0 spiro atoms. The Kier molecular flexibility index (Phi) is 4.48. The number of amides is 1. The van der Waals surface area contributed by atoms with Gasteiger partial charge in [-0.05, 0) is 29.7 Å². The molecular weight excluding hydrogens is 342 g/mol. The highest BCUT2D eigenvalue weighted by molar-refractivity contribution is 6.12. The summed E-state index contributed by atoms with van der Waals surface area (Å²) in [4.78, 5) is 28.8.